The first-order chi connectivity index (χ1) is 15.5. The molecule has 2 heterocycles. The van der Waals surface area contributed by atoms with Gasteiger partial charge in [-0.25, -0.2) is 4.98 Å². The normalized spacial score (nSPS) is 14.5. The lowest BCUT2D eigenvalue weighted by atomic mass is 10.2. The van der Waals surface area contributed by atoms with Crippen LogP contribution < -0.4 is 5.56 Å². The van der Waals surface area contributed by atoms with E-state index in [1.54, 1.807) is 7.11 Å². The zero-order valence-corrected chi connectivity index (χ0v) is 19.9. The first-order valence-corrected chi connectivity index (χ1v) is 12.3. The van der Waals surface area contributed by atoms with E-state index >= 15 is 0 Å². The largest absolute Gasteiger partial charge is 0.385 e. The number of ketones is 1. The number of carbonyl (C=O) groups is 1. The Hall–Kier alpha value is -2.38. The number of hydrogen-bond donors (Lipinski definition) is 0. The van der Waals surface area contributed by atoms with E-state index in [9.17, 15) is 9.59 Å². The van der Waals surface area contributed by atoms with Gasteiger partial charge in [-0.05, 0) is 51.3 Å². The minimum absolute atomic E-state index is 0.00812. The number of carbonyl (C=O) groups excluding carboxylic acids is 1. The SMILES string of the molecule is COCCCn1c(C)cc(C(=O)CSc2nc3ccccc3c(=O)n2C2CCCC2)c1C. The van der Waals surface area contributed by atoms with Crippen molar-refractivity contribution in [1.82, 2.24) is 14.1 Å². The van der Waals surface area contributed by atoms with Crippen LogP contribution in [-0.4, -0.2) is 39.4 Å². The lowest BCUT2D eigenvalue weighted by Crippen LogP contribution is -2.26. The average molecular weight is 454 g/mol. The molecule has 1 saturated carbocycles. The molecule has 0 spiro atoms. The summed E-state index contributed by atoms with van der Waals surface area (Å²) in [7, 11) is 1.70. The fourth-order valence-electron chi connectivity index (χ4n) is 4.71. The molecule has 32 heavy (non-hydrogen) atoms. The molecule has 1 aromatic carbocycles. The summed E-state index contributed by atoms with van der Waals surface area (Å²) in [5.74, 6) is 0.335. The van der Waals surface area contributed by atoms with Gasteiger partial charge in [-0.15, -0.1) is 0 Å². The van der Waals surface area contributed by atoms with Gasteiger partial charge in [0.2, 0.25) is 0 Å². The summed E-state index contributed by atoms with van der Waals surface area (Å²) in [6, 6.07) is 9.63. The second kappa shape index (κ2) is 10.0. The average Bonchev–Trinajstić information content (AvgIpc) is 3.41. The predicted octanol–water partition coefficient (Wildman–Crippen LogP) is 4.94. The molecule has 0 N–H and O–H groups in total. The fraction of sp³-hybridized carbons (Fsp3) is 0.480. The standard InChI is InChI=1S/C25H31N3O3S/c1-17-15-21(18(2)27(17)13-8-14-31-3)23(29)16-32-25-26-22-12-7-6-11-20(22)24(30)28(25)19-9-4-5-10-19/h6-7,11-12,15,19H,4-5,8-10,13-14,16H2,1-3H3. The van der Waals surface area contributed by atoms with Gasteiger partial charge in [-0.2, -0.15) is 0 Å². The van der Waals surface area contributed by atoms with Gasteiger partial charge in [-0.3, -0.25) is 14.2 Å². The molecule has 0 bridgehead atoms. The van der Waals surface area contributed by atoms with Gasteiger partial charge in [0.15, 0.2) is 10.9 Å². The Morgan fingerprint density at radius 2 is 1.97 bits per heavy atom. The second-order valence-corrected chi connectivity index (χ2v) is 9.46. The van der Waals surface area contributed by atoms with E-state index in [2.05, 4.69) is 4.57 Å². The van der Waals surface area contributed by atoms with Crippen LogP contribution in [-0.2, 0) is 11.3 Å². The Bertz CT molecular complexity index is 1180. The Labute approximate surface area is 193 Å². The van der Waals surface area contributed by atoms with Crippen LogP contribution in [0.15, 0.2) is 40.3 Å². The zero-order valence-electron chi connectivity index (χ0n) is 19.1. The molecule has 0 saturated heterocycles. The highest BCUT2D eigenvalue weighted by molar-refractivity contribution is 7.99. The molecule has 0 aliphatic heterocycles. The molecule has 0 radical (unpaired) electrons. The Morgan fingerprint density at radius 1 is 1.22 bits per heavy atom. The number of ether oxygens (including phenoxy) is 1. The first-order valence-electron chi connectivity index (χ1n) is 11.3. The van der Waals surface area contributed by atoms with E-state index in [0.717, 1.165) is 55.6 Å². The summed E-state index contributed by atoms with van der Waals surface area (Å²) >= 11 is 1.38. The minimum atomic E-state index is 0.00812. The summed E-state index contributed by atoms with van der Waals surface area (Å²) < 4.78 is 9.19. The van der Waals surface area contributed by atoms with Crippen molar-refractivity contribution >= 4 is 28.4 Å². The van der Waals surface area contributed by atoms with Crippen LogP contribution in [0, 0.1) is 13.8 Å². The van der Waals surface area contributed by atoms with Crippen molar-refractivity contribution in [3.63, 3.8) is 0 Å². The van der Waals surface area contributed by atoms with Crippen molar-refractivity contribution in [2.45, 2.75) is 63.7 Å². The number of rotatable bonds is 9. The summed E-state index contributed by atoms with van der Waals surface area (Å²) in [6.45, 7) is 5.56. The Balaban J connectivity index is 1.59. The van der Waals surface area contributed by atoms with Gasteiger partial charge in [0.1, 0.15) is 0 Å². The number of methoxy groups -OCH3 is 1. The van der Waals surface area contributed by atoms with E-state index < -0.39 is 0 Å². The lowest BCUT2D eigenvalue weighted by Gasteiger charge is -2.18. The quantitative estimate of drug-likeness (QED) is 0.199. The number of nitrogens with zero attached hydrogens (tertiary/aromatic N) is 3. The second-order valence-electron chi connectivity index (χ2n) is 8.52. The molecule has 7 heteroatoms. The van der Waals surface area contributed by atoms with Crippen LogP contribution in [0.2, 0.25) is 0 Å². The molecule has 1 fully saturated rings. The molecular formula is C25H31N3O3S. The number of fused-ring (bicyclic) bond motifs is 1. The van der Waals surface area contributed by atoms with E-state index in [0.29, 0.717) is 22.7 Å². The number of aryl methyl sites for hydroxylation is 1. The van der Waals surface area contributed by atoms with Crippen molar-refractivity contribution in [3.8, 4) is 0 Å². The Kier molecular flexibility index (Phi) is 7.16. The molecule has 0 amide bonds. The number of thioether (sulfide) groups is 1. The number of para-hydroxylation sites is 1. The zero-order chi connectivity index (χ0) is 22.7. The summed E-state index contributed by atoms with van der Waals surface area (Å²) in [5.41, 5.74) is 3.53. The summed E-state index contributed by atoms with van der Waals surface area (Å²) in [6.07, 6.45) is 5.14. The molecule has 4 rings (SSSR count). The first kappa shape index (κ1) is 22.8. The van der Waals surface area contributed by atoms with Gasteiger partial charge in [0.05, 0.1) is 16.7 Å². The topological polar surface area (TPSA) is 66.1 Å². The highest BCUT2D eigenvalue weighted by atomic mass is 32.2. The van der Waals surface area contributed by atoms with E-state index in [1.807, 2.05) is 48.7 Å². The van der Waals surface area contributed by atoms with Crippen LogP contribution in [0.5, 0.6) is 0 Å². The van der Waals surface area contributed by atoms with Crippen molar-refractivity contribution in [2.24, 2.45) is 0 Å². The van der Waals surface area contributed by atoms with Crippen LogP contribution in [0.1, 0.15) is 59.9 Å². The molecule has 2 aromatic heterocycles. The number of aromatic nitrogens is 3. The maximum absolute atomic E-state index is 13.3. The van der Waals surface area contributed by atoms with Gasteiger partial charge < -0.3 is 9.30 Å². The van der Waals surface area contributed by atoms with Gasteiger partial charge in [-0.1, -0.05) is 36.7 Å². The Morgan fingerprint density at radius 3 is 2.72 bits per heavy atom. The van der Waals surface area contributed by atoms with Crippen molar-refractivity contribution < 1.29 is 9.53 Å². The molecule has 0 unspecified atom stereocenters. The highest BCUT2D eigenvalue weighted by Crippen LogP contribution is 2.32. The smallest absolute Gasteiger partial charge is 0.262 e. The third kappa shape index (κ3) is 4.55. The third-order valence-electron chi connectivity index (χ3n) is 6.40. The van der Waals surface area contributed by atoms with Crippen molar-refractivity contribution in [2.75, 3.05) is 19.5 Å². The van der Waals surface area contributed by atoms with Gasteiger partial charge in [0, 0.05) is 43.3 Å². The van der Waals surface area contributed by atoms with Crippen LogP contribution in [0.4, 0.5) is 0 Å². The summed E-state index contributed by atoms with van der Waals surface area (Å²) in [5, 5.41) is 1.30. The minimum Gasteiger partial charge on any atom is -0.385 e. The maximum atomic E-state index is 13.3. The molecule has 1 aliphatic carbocycles. The predicted molar refractivity (Wildman–Crippen MR) is 129 cm³/mol. The van der Waals surface area contributed by atoms with Crippen LogP contribution >= 0.6 is 11.8 Å². The summed E-state index contributed by atoms with van der Waals surface area (Å²) in [4.78, 5) is 31.2. The molecule has 3 aromatic rings. The fourth-order valence-corrected chi connectivity index (χ4v) is 5.66. The van der Waals surface area contributed by atoms with Gasteiger partial charge in [0.25, 0.3) is 5.56 Å². The lowest BCUT2D eigenvalue weighted by molar-refractivity contribution is 0.102. The van der Waals surface area contributed by atoms with Gasteiger partial charge >= 0.3 is 0 Å². The molecular weight excluding hydrogens is 422 g/mol. The highest BCUT2D eigenvalue weighted by Gasteiger charge is 2.24. The number of hydrogen-bond acceptors (Lipinski definition) is 5. The van der Waals surface area contributed by atoms with E-state index in [1.165, 1.54) is 11.8 Å². The number of Topliss-reactive ketones (excluding diaryl/α,β-unsaturated/α-hetero) is 1. The van der Waals surface area contributed by atoms with Crippen molar-refractivity contribution in [3.05, 3.63) is 57.6 Å². The molecule has 6 nitrogen and oxygen atoms in total. The molecule has 170 valence electrons. The van der Waals surface area contributed by atoms with Crippen molar-refractivity contribution in [1.29, 1.82) is 0 Å². The molecule has 1 aliphatic rings. The van der Waals surface area contributed by atoms with Crippen LogP contribution in [0.25, 0.3) is 10.9 Å². The third-order valence-corrected chi connectivity index (χ3v) is 7.35. The maximum Gasteiger partial charge on any atom is 0.262 e. The molecule has 0 atom stereocenters. The number of benzene rings is 1. The van der Waals surface area contributed by atoms with Crippen LogP contribution in [0.3, 0.4) is 0 Å². The monoisotopic (exact) mass is 453 g/mol. The van der Waals surface area contributed by atoms with E-state index in [4.69, 9.17) is 9.72 Å². The van der Waals surface area contributed by atoms with E-state index in [-0.39, 0.29) is 23.1 Å².